The van der Waals surface area contributed by atoms with Crippen LogP contribution in [0.15, 0.2) is 18.2 Å². The number of aliphatic carboxylic acids is 1. The van der Waals surface area contributed by atoms with E-state index in [4.69, 9.17) is 28.3 Å². The van der Waals surface area contributed by atoms with Crippen LogP contribution in [0.5, 0.6) is 0 Å². The number of halogens is 5. The summed E-state index contributed by atoms with van der Waals surface area (Å²) < 4.78 is 37.1. The van der Waals surface area contributed by atoms with Crippen LogP contribution < -0.4 is 5.32 Å². The number of hydrogen-bond acceptors (Lipinski definition) is 2. The quantitative estimate of drug-likeness (QED) is 0.892. The molecule has 0 amide bonds. The lowest BCUT2D eigenvalue weighted by atomic mass is 10.1. The summed E-state index contributed by atoms with van der Waals surface area (Å²) in [6.45, 7) is -0.805. The monoisotopic (exact) mass is 301 g/mol. The first-order valence-electron chi connectivity index (χ1n) is 4.70. The van der Waals surface area contributed by atoms with E-state index in [0.717, 1.165) is 0 Å². The summed E-state index contributed by atoms with van der Waals surface area (Å²) >= 11 is 11.3. The minimum Gasteiger partial charge on any atom is -0.481 e. The fourth-order valence-electron chi connectivity index (χ4n) is 1.19. The zero-order valence-electron chi connectivity index (χ0n) is 8.76. The molecule has 2 N–H and O–H groups in total. The van der Waals surface area contributed by atoms with Gasteiger partial charge in [-0.2, -0.15) is 13.2 Å². The van der Waals surface area contributed by atoms with E-state index in [1.165, 1.54) is 18.2 Å². The minimum absolute atomic E-state index is 0.119. The van der Waals surface area contributed by atoms with Crippen molar-refractivity contribution < 1.29 is 23.1 Å². The van der Waals surface area contributed by atoms with E-state index < -0.39 is 24.6 Å². The summed E-state index contributed by atoms with van der Waals surface area (Å²) in [5.74, 6) is -4.44. The lowest BCUT2D eigenvalue weighted by Gasteiger charge is -2.17. The first-order valence-corrected chi connectivity index (χ1v) is 5.46. The number of nitrogens with one attached hydrogen (secondary N) is 1. The number of carbonyl (C=O) groups is 1. The number of rotatable bonds is 4. The molecule has 0 saturated carbocycles. The van der Waals surface area contributed by atoms with Crippen LogP contribution in [0.4, 0.5) is 18.9 Å². The van der Waals surface area contributed by atoms with Crippen molar-refractivity contribution >= 4 is 34.9 Å². The predicted molar refractivity (Wildman–Crippen MR) is 62.1 cm³/mol. The Morgan fingerprint density at radius 1 is 1.39 bits per heavy atom. The maximum atomic E-state index is 12.4. The van der Waals surface area contributed by atoms with Crippen LogP contribution in [-0.2, 0) is 4.79 Å². The molecule has 0 fully saturated rings. The fourth-order valence-corrected chi connectivity index (χ4v) is 1.66. The molecule has 1 unspecified atom stereocenters. The predicted octanol–water partition coefficient (Wildman–Crippen LogP) is 3.67. The van der Waals surface area contributed by atoms with E-state index in [9.17, 15) is 18.0 Å². The lowest BCUT2D eigenvalue weighted by molar-refractivity contribution is -0.190. The van der Waals surface area contributed by atoms with Gasteiger partial charge in [0.1, 0.15) is 0 Å². The highest BCUT2D eigenvalue weighted by Gasteiger charge is 2.44. The zero-order chi connectivity index (χ0) is 13.9. The van der Waals surface area contributed by atoms with Gasteiger partial charge in [-0.25, -0.2) is 0 Å². The Morgan fingerprint density at radius 2 is 2.00 bits per heavy atom. The van der Waals surface area contributed by atoms with Crippen molar-refractivity contribution in [2.75, 3.05) is 11.9 Å². The molecule has 18 heavy (non-hydrogen) atoms. The van der Waals surface area contributed by atoms with E-state index in [1.54, 1.807) is 0 Å². The van der Waals surface area contributed by atoms with E-state index in [0.29, 0.717) is 5.02 Å². The van der Waals surface area contributed by atoms with Crippen LogP contribution in [0, 0.1) is 5.92 Å². The van der Waals surface area contributed by atoms with Crippen molar-refractivity contribution in [2.24, 2.45) is 5.92 Å². The third kappa shape index (κ3) is 3.96. The molecule has 1 atom stereocenters. The normalized spacial score (nSPS) is 13.2. The van der Waals surface area contributed by atoms with Gasteiger partial charge >= 0.3 is 12.1 Å². The summed E-state index contributed by atoms with van der Waals surface area (Å²) in [6, 6.07) is 4.15. The van der Waals surface area contributed by atoms with Crippen LogP contribution in [0.2, 0.25) is 10.0 Å². The minimum atomic E-state index is -4.82. The molecule has 1 aromatic rings. The smallest absolute Gasteiger partial charge is 0.403 e. The third-order valence-corrected chi connectivity index (χ3v) is 2.67. The largest absolute Gasteiger partial charge is 0.481 e. The Labute approximate surface area is 110 Å². The Kier molecular flexibility index (Phi) is 4.70. The van der Waals surface area contributed by atoms with Gasteiger partial charge in [0.15, 0.2) is 5.92 Å². The van der Waals surface area contributed by atoms with E-state index in [2.05, 4.69) is 5.32 Å². The summed E-state index contributed by atoms with van der Waals surface area (Å²) in [5.41, 5.74) is 0.191. The molecule has 100 valence electrons. The number of benzene rings is 1. The molecular weight excluding hydrogens is 294 g/mol. The zero-order valence-corrected chi connectivity index (χ0v) is 10.3. The van der Waals surface area contributed by atoms with Crippen molar-refractivity contribution in [3.63, 3.8) is 0 Å². The second-order valence-electron chi connectivity index (χ2n) is 3.44. The molecule has 0 aliphatic carbocycles. The highest BCUT2D eigenvalue weighted by Crippen LogP contribution is 2.29. The van der Waals surface area contributed by atoms with E-state index in [-0.39, 0.29) is 10.7 Å². The highest BCUT2D eigenvalue weighted by atomic mass is 35.5. The van der Waals surface area contributed by atoms with Crippen molar-refractivity contribution in [3.05, 3.63) is 28.2 Å². The van der Waals surface area contributed by atoms with Gasteiger partial charge in [-0.15, -0.1) is 0 Å². The Bertz CT molecular complexity index is 451. The molecule has 0 aromatic heterocycles. The maximum Gasteiger partial charge on any atom is 0.403 e. The number of hydrogen-bond donors (Lipinski definition) is 2. The molecule has 3 nitrogen and oxygen atoms in total. The van der Waals surface area contributed by atoms with Crippen LogP contribution in [0.25, 0.3) is 0 Å². The molecule has 0 radical (unpaired) electrons. The lowest BCUT2D eigenvalue weighted by Crippen LogP contribution is -2.36. The third-order valence-electron chi connectivity index (χ3n) is 2.12. The molecule has 8 heteroatoms. The second kappa shape index (κ2) is 5.67. The molecule has 0 saturated heterocycles. The standard InChI is InChI=1S/C10H8Cl2F3NO2/c11-5-1-2-8(7(12)3-5)16-4-6(9(17)18)10(13,14)15/h1-3,6,16H,4H2,(H,17,18). The first-order chi connectivity index (χ1) is 8.21. The number of carboxylic acid groups (broad SMARTS) is 1. The van der Waals surface area contributed by atoms with Crippen molar-refractivity contribution in [2.45, 2.75) is 6.18 Å². The van der Waals surface area contributed by atoms with Gasteiger partial charge in [0.2, 0.25) is 0 Å². The maximum absolute atomic E-state index is 12.4. The van der Waals surface area contributed by atoms with Gasteiger partial charge in [-0.3, -0.25) is 4.79 Å². The van der Waals surface area contributed by atoms with Crippen molar-refractivity contribution in [3.8, 4) is 0 Å². The fraction of sp³-hybridized carbons (Fsp3) is 0.300. The van der Waals surface area contributed by atoms with Crippen LogP contribution in [0.3, 0.4) is 0 Å². The number of carboxylic acids is 1. The van der Waals surface area contributed by atoms with Gasteiger partial charge < -0.3 is 10.4 Å². The van der Waals surface area contributed by atoms with Crippen LogP contribution >= 0.6 is 23.2 Å². The average Bonchev–Trinajstić information content (AvgIpc) is 2.18. The van der Waals surface area contributed by atoms with Gasteiger partial charge in [0.05, 0.1) is 10.7 Å². The average molecular weight is 302 g/mol. The molecule has 0 bridgehead atoms. The van der Waals surface area contributed by atoms with Gasteiger partial charge in [-0.05, 0) is 18.2 Å². The van der Waals surface area contributed by atoms with Crippen LogP contribution in [0.1, 0.15) is 0 Å². The topological polar surface area (TPSA) is 49.3 Å². The Balaban J connectivity index is 2.77. The SMILES string of the molecule is O=C(O)C(CNc1ccc(Cl)cc1Cl)C(F)(F)F. The van der Waals surface area contributed by atoms with E-state index in [1.807, 2.05) is 0 Å². The first kappa shape index (κ1) is 14.9. The molecule has 0 aliphatic rings. The van der Waals surface area contributed by atoms with Crippen LogP contribution in [-0.4, -0.2) is 23.8 Å². The summed E-state index contributed by atoms with van der Waals surface area (Å²) in [4.78, 5) is 10.5. The summed E-state index contributed by atoms with van der Waals surface area (Å²) in [6.07, 6.45) is -4.82. The molecule has 0 aliphatic heterocycles. The number of alkyl halides is 3. The Morgan fingerprint density at radius 3 is 2.44 bits per heavy atom. The summed E-state index contributed by atoms with van der Waals surface area (Å²) in [5, 5.41) is 11.3. The second-order valence-corrected chi connectivity index (χ2v) is 4.28. The van der Waals surface area contributed by atoms with Gasteiger partial charge in [-0.1, -0.05) is 23.2 Å². The van der Waals surface area contributed by atoms with Crippen molar-refractivity contribution in [1.29, 1.82) is 0 Å². The van der Waals surface area contributed by atoms with E-state index >= 15 is 0 Å². The Hall–Kier alpha value is -1.14. The van der Waals surface area contributed by atoms with Gasteiger partial charge in [0, 0.05) is 11.6 Å². The highest BCUT2D eigenvalue weighted by molar-refractivity contribution is 6.36. The number of anilines is 1. The molecule has 1 rings (SSSR count). The molecule has 0 heterocycles. The van der Waals surface area contributed by atoms with Gasteiger partial charge in [0.25, 0.3) is 0 Å². The molecular formula is C10H8Cl2F3NO2. The summed E-state index contributed by atoms with van der Waals surface area (Å²) in [7, 11) is 0. The molecule has 0 spiro atoms. The van der Waals surface area contributed by atoms with Crippen molar-refractivity contribution in [1.82, 2.24) is 0 Å². The molecule has 1 aromatic carbocycles.